The van der Waals surface area contributed by atoms with Crippen molar-refractivity contribution in [1.82, 2.24) is 9.80 Å². The molecule has 0 spiro atoms. The molecule has 40 heavy (non-hydrogen) atoms. The van der Waals surface area contributed by atoms with Gasteiger partial charge in [-0.3, -0.25) is 24.4 Å². The molecule has 1 fully saturated rings. The molecule has 3 aromatic carbocycles. The molecule has 10 nitrogen and oxygen atoms in total. The van der Waals surface area contributed by atoms with Crippen LogP contribution in [0.15, 0.2) is 72.8 Å². The summed E-state index contributed by atoms with van der Waals surface area (Å²) in [6, 6.07) is 18.3. The van der Waals surface area contributed by atoms with E-state index in [1.54, 1.807) is 30.3 Å². The van der Waals surface area contributed by atoms with Crippen molar-refractivity contribution in [3.05, 3.63) is 99.6 Å². The maximum atomic E-state index is 13.6. The number of hydrogen-bond donors (Lipinski definition) is 1. The first-order chi connectivity index (χ1) is 18.8. The van der Waals surface area contributed by atoms with Crippen molar-refractivity contribution in [1.29, 1.82) is 0 Å². The number of carbonyl (C=O) groups excluding carboxylic acids is 1. The van der Waals surface area contributed by atoms with Crippen LogP contribution in [-0.2, 0) is 16.7 Å². The number of amides is 1. The molecule has 0 radical (unpaired) electrons. The van der Waals surface area contributed by atoms with Gasteiger partial charge in [-0.1, -0.05) is 48.5 Å². The Hall–Kier alpha value is -4.01. The quantitative estimate of drug-likeness (QED) is 0.237. The van der Waals surface area contributed by atoms with Gasteiger partial charge in [-0.05, 0) is 41.0 Å². The second-order valence-electron chi connectivity index (χ2n) is 9.08. The molecule has 1 atom stereocenters. The number of piperazine rings is 1. The molecular weight excluding hydrogens is 555 g/mol. The fourth-order valence-corrected chi connectivity index (χ4v) is 5.23. The molecule has 1 saturated heterocycles. The fourth-order valence-electron chi connectivity index (χ4n) is 4.48. The number of nitrogens with zero attached hydrogens (tertiary/aromatic N) is 3. The van der Waals surface area contributed by atoms with Gasteiger partial charge in [-0.15, -0.1) is 13.2 Å². The molecule has 0 aliphatic carbocycles. The van der Waals surface area contributed by atoms with Crippen LogP contribution in [0.3, 0.4) is 0 Å². The van der Waals surface area contributed by atoms with E-state index in [4.69, 9.17) is 0 Å². The predicted octanol–water partition coefficient (Wildman–Crippen LogP) is 4.37. The standard InChI is InChI=1S/C26H24F3N3O7S/c27-26(28,29)39-21-9-6-18(7-10-21)17-30-12-14-31(15-13-30)24(33)23-16-20(19-4-2-1-3-5-19)8-11-22(23)25(32(34)35)40(36,37)38/h1-11,16,25H,12-15,17H2,(H,36,37,38). The zero-order chi connectivity index (χ0) is 29.1. The highest BCUT2D eigenvalue weighted by molar-refractivity contribution is 7.85. The van der Waals surface area contributed by atoms with Gasteiger partial charge >= 0.3 is 21.9 Å². The molecule has 0 aromatic heterocycles. The van der Waals surface area contributed by atoms with Crippen LogP contribution >= 0.6 is 0 Å². The fraction of sp³-hybridized carbons (Fsp3) is 0.269. The lowest BCUT2D eigenvalue weighted by atomic mass is 9.98. The Kier molecular flexibility index (Phi) is 8.42. The average molecular weight is 580 g/mol. The minimum atomic E-state index is -5.19. The van der Waals surface area contributed by atoms with Gasteiger partial charge in [0.1, 0.15) is 5.75 Å². The summed E-state index contributed by atoms with van der Waals surface area (Å²) in [6.07, 6.45) is -4.79. The van der Waals surface area contributed by atoms with Crippen molar-refractivity contribution in [2.75, 3.05) is 26.2 Å². The van der Waals surface area contributed by atoms with Crippen LogP contribution < -0.4 is 4.74 Å². The van der Waals surface area contributed by atoms with E-state index in [-0.39, 0.29) is 24.4 Å². The Bertz CT molecular complexity index is 1480. The SMILES string of the molecule is O=C(c1cc(-c2ccccc2)ccc1C([N+](=O)[O-])S(=O)(=O)O)N1CCN(Cc2ccc(OC(F)(F)F)cc2)CC1. The number of ether oxygens (including phenoxy) is 1. The Labute approximate surface area is 227 Å². The zero-order valence-electron chi connectivity index (χ0n) is 20.8. The first kappa shape index (κ1) is 29.0. The minimum Gasteiger partial charge on any atom is -0.406 e. The van der Waals surface area contributed by atoms with Gasteiger partial charge in [0.05, 0.1) is 11.1 Å². The molecule has 4 rings (SSSR count). The predicted molar refractivity (Wildman–Crippen MR) is 137 cm³/mol. The smallest absolute Gasteiger partial charge is 0.406 e. The Balaban J connectivity index is 1.53. The van der Waals surface area contributed by atoms with Crippen molar-refractivity contribution in [2.45, 2.75) is 18.3 Å². The molecule has 1 aliphatic heterocycles. The minimum absolute atomic E-state index is 0.206. The van der Waals surface area contributed by atoms with E-state index in [0.29, 0.717) is 30.8 Å². The van der Waals surface area contributed by atoms with Gasteiger partial charge in [0, 0.05) is 37.6 Å². The second kappa shape index (κ2) is 11.6. The van der Waals surface area contributed by atoms with Crippen molar-refractivity contribution >= 4 is 16.0 Å². The number of carbonyl (C=O) groups is 1. The van der Waals surface area contributed by atoms with Crippen LogP contribution in [0.2, 0.25) is 0 Å². The van der Waals surface area contributed by atoms with E-state index in [1.165, 1.54) is 47.4 Å². The van der Waals surface area contributed by atoms with Gasteiger partial charge in [-0.2, -0.15) is 8.42 Å². The summed E-state index contributed by atoms with van der Waals surface area (Å²) in [5.41, 5.74) is 1.30. The average Bonchev–Trinajstić information content (AvgIpc) is 2.89. The van der Waals surface area contributed by atoms with E-state index in [1.807, 2.05) is 4.90 Å². The third-order valence-electron chi connectivity index (χ3n) is 6.35. The highest BCUT2D eigenvalue weighted by Crippen LogP contribution is 2.31. The molecule has 0 saturated carbocycles. The van der Waals surface area contributed by atoms with E-state index in [9.17, 15) is 41.1 Å². The zero-order valence-corrected chi connectivity index (χ0v) is 21.6. The van der Waals surface area contributed by atoms with E-state index in [2.05, 4.69) is 4.74 Å². The lowest BCUT2D eigenvalue weighted by molar-refractivity contribution is -0.503. The summed E-state index contributed by atoms with van der Waals surface area (Å²) < 4.78 is 74.4. The summed E-state index contributed by atoms with van der Waals surface area (Å²) in [7, 11) is -5.19. The van der Waals surface area contributed by atoms with Crippen molar-refractivity contribution in [3.63, 3.8) is 0 Å². The number of nitro groups is 1. The van der Waals surface area contributed by atoms with E-state index < -0.39 is 38.2 Å². The van der Waals surface area contributed by atoms with Crippen molar-refractivity contribution in [3.8, 4) is 16.9 Å². The van der Waals surface area contributed by atoms with Crippen LogP contribution in [0.1, 0.15) is 26.9 Å². The van der Waals surface area contributed by atoms with Crippen LogP contribution in [-0.4, -0.2) is 66.1 Å². The van der Waals surface area contributed by atoms with E-state index >= 15 is 0 Å². The Morgan fingerprint density at radius 2 is 1.60 bits per heavy atom. The molecule has 1 aliphatic rings. The van der Waals surface area contributed by atoms with E-state index in [0.717, 1.165) is 5.56 Å². The highest BCUT2D eigenvalue weighted by Gasteiger charge is 2.40. The summed E-state index contributed by atoms with van der Waals surface area (Å²) in [4.78, 5) is 27.5. The maximum absolute atomic E-state index is 13.6. The number of hydrogen-bond acceptors (Lipinski definition) is 7. The maximum Gasteiger partial charge on any atom is 0.573 e. The number of rotatable bonds is 8. The normalized spacial score (nSPS) is 15.4. The van der Waals surface area contributed by atoms with Crippen molar-refractivity contribution in [2.24, 2.45) is 0 Å². The molecular formula is C26H24F3N3O7S. The molecule has 3 aromatic rings. The summed E-state index contributed by atoms with van der Waals surface area (Å²) in [5.74, 6) is -0.963. The first-order valence-corrected chi connectivity index (χ1v) is 13.5. The van der Waals surface area contributed by atoms with Gasteiger partial charge < -0.3 is 9.64 Å². The third-order valence-corrected chi connectivity index (χ3v) is 7.34. The van der Waals surface area contributed by atoms with Crippen LogP contribution in [0, 0.1) is 10.1 Å². The van der Waals surface area contributed by atoms with Gasteiger partial charge in [-0.25, -0.2) is 0 Å². The largest absolute Gasteiger partial charge is 0.573 e. The Morgan fingerprint density at radius 1 is 0.975 bits per heavy atom. The molecule has 0 bridgehead atoms. The van der Waals surface area contributed by atoms with Crippen LogP contribution in [0.5, 0.6) is 5.75 Å². The molecule has 212 valence electrons. The first-order valence-electron chi connectivity index (χ1n) is 12.0. The number of benzene rings is 3. The monoisotopic (exact) mass is 579 g/mol. The van der Waals surface area contributed by atoms with Crippen LogP contribution in [0.4, 0.5) is 13.2 Å². The lowest BCUT2D eigenvalue weighted by Gasteiger charge is -2.35. The van der Waals surface area contributed by atoms with Gasteiger partial charge in [0.25, 0.3) is 5.91 Å². The summed E-state index contributed by atoms with van der Waals surface area (Å²) in [5, 5.41) is 9.09. The number of halogens is 3. The van der Waals surface area contributed by atoms with Gasteiger partial charge in [0.2, 0.25) is 0 Å². The molecule has 1 unspecified atom stereocenters. The van der Waals surface area contributed by atoms with Gasteiger partial charge in [0.15, 0.2) is 0 Å². The highest BCUT2D eigenvalue weighted by atomic mass is 32.2. The lowest BCUT2D eigenvalue weighted by Crippen LogP contribution is -2.48. The summed E-state index contributed by atoms with van der Waals surface area (Å²) in [6.45, 7) is 1.58. The molecule has 1 amide bonds. The van der Waals surface area contributed by atoms with Crippen LogP contribution in [0.25, 0.3) is 11.1 Å². The summed E-state index contributed by atoms with van der Waals surface area (Å²) >= 11 is 0. The second-order valence-corrected chi connectivity index (χ2v) is 10.6. The molecule has 1 heterocycles. The Morgan fingerprint density at radius 3 is 2.15 bits per heavy atom. The van der Waals surface area contributed by atoms with Crippen molar-refractivity contribution < 1.29 is 40.6 Å². The molecule has 14 heteroatoms. The molecule has 1 N–H and O–H groups in total. The topological polar surface area (TPSA) is 130 Å². The third kappa shape index (κ3) is 7.14. The number of alkyl halides is 3.